The molecule has 1 saturated heterocycles. The summed E-state index contributed by atoms with van der Waals surface area (Å²) in [5.74, 6) is 0.568. The fourth-order valence-corrected chi connectivity index (χ4v) is 2.98. The Hall–Kier alpha value is -0.480. The van der Waals surface area contributed by atoms with Crippen LogP contribution in [0, 0.1) is 0 Å². The Bertz CT molecular complexity index is 481. The number of alkyl halides is 1. The molecule has 1 aliphatic rings. The molecule has 1 heterocycles. The minimum absolute atomic E-state index is 0.0507. The van der Waals surface area contributed by atoms with Crippen molar-refractivity contribution in [3.8, 4) is 0 Å². The number of benzene rings is 1. The minimum Gasteiger partial charge on any atom is -0.337 e. The zero-order chi connectivity index (χ0) is 14.5. The van der Waals surface area contributed by atoms with Gasteiger partial charge in [-0.05, 0) is 25.1 Å². The largest absolute Gasteiger partial charge is 0.337 e. The van der Waals surface area contributed by atoms with Crippen molar-refractivity contribution in [3.63, 3.8) is 0 Å². The number of halogens is 3. The Morgan fingerprint density at radius 3 is 2.70 bits per heavy atom. The highest BCUT2D eigenvalue weighted by Crippen LogP contribution is 2.26. The van der Waals surface area contributed by atoms with Crippen LogP contribution in [0.4, 0.5) is 0 Å². The smallest absolute Gasteiger partial charge is 0.255 e. The summed E-state index contributed by atoms with van der Waals surface area (Å²) >= 11 is 17.9. The molecule has 1 aliphatic heterocycles. The molecule has 0 atom stereocenters. The fraction of sp³-hybridized carbons (Fsp3) is 0.500. The van der Waals surface area contributed by atoms with Crippen molar-refractivity contribution in [2.24, 2.45) is 0 Å². The van der Waals surface area contributed by atoms with Crippen LogP contribution in [0.5, 0.6) is 0 Å². The highest BCUT2D eigenvalue weighted by atomic mass is 35.5. The topological polar surface area (TPSA) is 23.6 Å². The lowest BCUT2D eigenvalue weighted by Crippen LogP contribution is -2.35. The molecule has 0 unspecified atom stereocenters. The Morgan fingerprint density at radius 2 is 1.95 bits per heavy atom. The van der Waals surface area contributed by atoms with E-state index in [2.05, 4.69) is 4.90 Å². The Balaban J connectivity index is 2.07. The standard InChI is InChI=1S/C14H17Cl3N2O/c15-5-8-18-6-2-7-19(10-9-18)14(20)11-3-1-4-12(16)13(11)17/h1,3-4H,2,5-10H2. The van der Waals surface area contributed by atoms with Crippen LogP contribution in [0.1, 0.15) is 16.8 Å². The average molecular weight is 336 g/mol. The number of amides is 1. The maximum Gasteiger partial charge on any atom is 0.255 e. The highest BCUT2D eigenvalue weighted by molar-refractivity contribution is 6.43. The number of rotatable bonds is 3. The zero-order valence-electron chi connectivity index (χ0n) is 11.1. The van der Waals surface area contributed by atoms with Gasteiger partial charge in [-0.3, -0.25) is 4.79 Å². The second-order valence-corrected chi connectivity index (χ2v) is 5.94. The summed E-state index contributed by atoms with van der Waals surface area (Å²) in [7, 11) is 0. The van der Waals surface area contributed by atoms with Gasteiger partial charge in [-0.2, -0.15) is 0 Å². The second-order valence-electron chi connectivity index (χ2n) is 4.78. The molecule has 1 amide bonds. The summed E-state index contributed by atoms with van der Waals surface area (Å²) in [5.41, 5.74) is 0.477. The van der Waals surface area contributed by atoms with E-state index in [0.717, 1.165) is 32.6 Å². The average Bonchev–Trinajstić information content (AvgIpc) is 2.67. The fourth-order valence-electron chi connectivity index (χ4n) is 2.36. The molecule has 0 aliphatic carbocycles. The zero-order valence-corrected chi connectivity index (χ0v) is 13.4. The third kappa shape index (κ3) is 3.79. The van der Waals surface area contributed by atoms with Crippen molar-refractivity contribution < 1.29 is 4.79 Å². The summed E-state index contributed by atoms with van der Waals surface area (Å²) in [6.45, 7) is 4.11. The van der Waals surface area contributed by atoms with Crippen molar-refractivity contribution in [1.29, 1.82) is 0 Å². The van der Waals surface area contributed by atoms with E-state index in [1.54, 1.807) is 18.2 Å². The molecule has 1 aromatic carbocycles. The predicted molar refractivity (Wildman–Crippen MR) is 84.1 cm³/mol. The van der Waals surface area contributed by atoms with Crippen molar-refractivity contribution in [1.82, 2.24) is 9.80 Å². The lowest BCUT2D eigenvalue weighted by molar-refractivity contribution is 0.0762. The molecule has 1 fully saturated rings. The lowest BCUT2D eigenvalue weighted by atomic mass is 10.2. The summed E-state index contributed by atoms with van der Waals surface area (Å²) in [6, 6.07) is 5.16. The van der Waals surface area contributed by atoms with Gasteiger partial charge in [-0.15, -0.1) is 11.6 Å². The van der Waals surface area contributed by atoms with Crippen LogP contribution < -0.4 is 0 Å². The summed E-state index contributed by atoms with van der Waals surface area (Å²) < 4.78 is 0. The molecule has 3 nitrogen and oxygen atoms in total. The van der Waals surface area contributed by atoms with Gasteiger partial charge in [0.1, 0.15) is 0 Å². The normalized spacial score (nSPS) is 17.1. The number of hydrogen-bond donors (Lipinski definition) is 0. The first-order chi connectivity index (χ1) is 9.63. The van der Waals surface area contributed by atoms with Gasteiger partial charge in [0.2, 0.25) is 0 Å². The van der Waals surface area contributed by atoms with E-state index in [1.807, 2.05) is 4.90 Å². The monoisotopic (exact) mass is 334 g/mol. The molecule has 2 rings (SSSR count). The van der Waals surface area contributed by atoms with Gasteiger partial charge in [0.15, 0.2) is 0 Å². The molecular formula is C14H17Cl3N2O. The van der Waals surface area contributed by atoms with Crippen LogP contribution in [0.25, 0.3) is 0 Å². The van der Waals surface area contributed by atoms with E-state index in [4.69, 9.17) is 34.8 Å². The molecule has 0 bridgehead atoms. The highest BCUT2D eigenvalue weighted by Gasteiger charge is 2.22. The molecule has 1 aromatic rings. The molecule has 0 spiro atoms. The van der Waals surface area contributed by atoms with E-state index in [-0.39, 0.29) is 5.91 Å². The van der Waals surface area contributed by atoms with Crippen molar-refractivity contribution >= 4 is 40.7 Å². The third-order valence-electron chi connectivity index (χ3n) is 3.46. The number of carbonyl (C=O) groups excluding carboxylic acids is 1. The first-order valence-electron chi connectivity index (χ1n) is 6.65. The third-order valence-corrected chi connectivity index (χ3v) is 4.45. The predicted octanol–water partition coefficient (Wildman–Crippen LogP) is 3.38. The van der Waals surface area contributed by atoms with Gasteiger partial charge in [-0.1, -0.05) is 29.3 Å². The van der Waals surface area contributed by atoms with Crippen molar-refractivity contribution in [2.45, 2.75) is 6.42 Å². The van der Waals surface area contributed by atoms with Crippen LogP contribution in [-0.4, -0.2) is 54.3 Å². The van der Waals surface area contributed by atoms with Gasteiger partial charge < -0.3 is 9.80 Å². The molecule has 0 saturated carbocycles. The molecule has 110 valence electrons. The van der Waals surface area contributed by atoms with Crippen LogP contribution >= 0.6 is 34.8 Å². The first-order valence-corrected chi connectivity index (χ1v) is 7.94. The molecule has 20 heavy (non-hydrogen) atoms. The number of hydrogen-bond acceptors (Lipinski definition) is 2. The lowest BCUT2D eigenvalue weighted by Gasteiger charge is -2.22. The molecule has 6 heteroatoms. The minimum atomic E-state index is -0.0507. The van der Waals surface area contributed by atoms with Crippen molar-refractivity contribution in [3.05, 3.63) is 33.8 Å². The summed E-state index contributed by atoms with van der Waals surface area (Å²) in [5, 5.41) is 0.747. The van der Waals surface area contributed by atoms with E-state index < -0.39 is 0 Å². The molecule has 0 N–H and O–H groups in total. The molecular weight excluding hydrogens is 319 g/mol. The first kappa shape index (κ1) is 15.9. The van der Waals surface area contributed by atoms with Gasteiger partial charge in [0, 0.05) is 32.1 Å². The van der Waals surface area contributed by atoms with Gasteiger partial charge >= 0.3 is 0 Å². The van der Waals surface area contributed by atoms with Crippen LogP contribution in [0.2, 0.25) is 10.0 Å². The molecule has 0 aromatic heterocycles. The quantitative estimate of drug-likeness (QED) is 0.791. The number of carbonyl (C=O) groups is 1. The maximum absolute atomic E-state index is 12.5. The van der Waals surface area contributed by atoms with E-state index in [1.165, 1.54) is 0 Å². The number of nitrogens with zero attached hydrogens (tertiary/aromatic N) is 2. The van der Waals surface area contributed by atoms with Gasteiger partial charge in [-0.25, -0.2) is 0 Å². The Morgan fingerprint density at radius 1 is 1.15 bits per heavy atom. The van der Waals surface area contributed by atoms with Crippen LogP contribution in [0.3, 0.4) is 0 Å². The SMILES string of the molecule is O=C(c1cccc(Cl)c1Cl)N1CCCN(CCCl)CC1. The second kappa shape index (κ2) is 7.51. The van der Waals surface area contributed by atoms with Gasteiger partial charge in [0.25, 0.3) is 5.91 Å². The van der Waals surface area contributed by atoms with E-state index in [9.17, 15) is 4.79 Å². The maximum atomic E-state index is 12.5. The van der Waals surface area contributed by atoms with Crippen LogP contribution in [0.15, 0.2) is 18.2 Å². The molecule has 0 radical (unpaired) electrons. The van der Waals surface area contributed by atoms with E-state index >= 15 is 0 Å². The van der Waals surface area contributed by atoms with Gasteiger partial charge in [0.05, 0.1) is 15.6 Å². The van der Waals surface area contributed by atoms with E-state index in [0.29, 0.717) is 28.0 Å². The van der Waals surface area contributed by atoms with Crippen molar-refractivity contribution in [2.75, 3.05) is 38.6 Å². The summed E-state index contributed by atoms with van der Waals surface area (Å²) in [4.78, 5) is 16.6. The Labute approximate surface area is 134 Å². The van der Waals surface area contributed by atoms with Crippen LogP contribution in [-0.2, 0) is 0 Å². The summed E-state index contributed by atoms with van der Waals surface area (Å²) in [6.07, 6.45) is 0.945. The Kier molecular flexibility index (Phi) is 5.97.